The summed E-state index contributed by atoms with van der Waals surface area (Å²) in [6.07, 6.45) is 6.28. The Balaban J connectivity index is 1.79. The third-order valence-corrected chi connectivity index (χ3v) is 3.48. The Morgan fingerprint density at radius 2 is 2.06 bits per heavy atom. The number of hydrogen-bond donors (Lipinski definition) is 0. The predicted molar refractivity (Wildman–Crippen MR) is 69.7 cm³/mol. The molecule has 0 aromatic carbocycles. The maximum atomic E-state index is 12.0. The van der Waals surface area contributed by atoms with Gasteiger partial charge in [0.25, 0.3) is 0 Å². The maximum Gasteiger partial charge on any atom is 0.228 e. The van der Waals surface area contributed by atoms with E-state index in [9.17, 15) is 4.79 Å². The number of aromatic nitrogens is 2. The van der Waals surface area contributed by atoms with E-state index in [1.54, 1.807) is 12.3 Å². The van der Waals surface area contributed by atoms with Crippen LogP contribution < -0.4 is 0 Å². The molecular formula is C13H14ClN3O. The summed E-state index contributed by atoms with van der Waals surface area (Å²) in [7, 11) is 0. The van der Waals surface area contributed by atoms with Gasteiger partial charge in [-0.15, -0.1) is 0 Å². The van der Waals surface area contributed by atoms with Gasteiger partial charge in [-0.25, -0.2) is 4.98 Å². The zero-order chi connectivity index (χ0) is 12.5. The van der Waals surface area contributed by atoms with Gasteiger partial charge in [0, 0.05) is 25.5 Å². The van der Waals surface area contributed by atoms with E-state index in [4.69, 9.17) is 11.6 Å². The zero-order valence-electron chi connectivity index (χ0n) is 9.97. The quantitative estimate of drug-likeness (QED) is 0.833. The van der Waals surface area contributed by atoms with E-state index in [0.717, 1.165) is 37.3 Å². The Labute approximate surface area is 110 Å². The van der Waals surface area contributed by atoms with Crippen LogP contribution in [-0.2, 0) is 11.2 Å². The van der Waals surface area contributed by atoms with Crippen LogP contribution in [0.15, 0.2) is 24.5 Å². The van der Waals surface area contributed by atoms with E-state index in [-0.39, 0.29) is 5.91 Å². The molecule has 94 valence electrons. The standard InChI is InChI=1S/C13H14ClN3O/c14-10-3-4-12-15-11(9-17(12)8-10)7-13(18)16-5-1-2-6-16/h3-4,8-9H,1-2,5-7H2. The molecule has 3 rings (SSSR count). The number of imidazole rings is 1. The highest BCUT2D eigenvalue weighted by Gasteiger charge is 2.18. The molecule has 1 aliphatic rings. The van der Waals surface area contributed by atoms with E-state index < -0.39 is 0 Å². The highest BCUT2D eigenvalue weighted by molar-refractivity contribution is 6.30. The number of carbonyl (C=O) groups excluding carboxylic acids is 1. The predicted octanol–water partition coefficient (Wildman–Crippen LogP) is 2.15. The summed E-state index contributed by atoms with van der Waals surface area (Å²) in [5.74, 6) is 0.169. The van der Waals surface area contributed by atoms with Crippen molar-refractivity contribution >= 4 is 23.2 Å². The largest absolute Gasteiger partial charge is 0.342 e. The number of hydrogen-bond acceptors (Lipinski definition) is 2. The minimum absolute atomic E-state index is 0.169. The maximum absolute atomic E-state index is 12.0. The molecule has 0 radical (unpaired) electrons. The molecule has 4 nitrogen and oxygen atoms in total. The van der Waals surface area contributed by atoms with Crippen LogP contribution in [0.1, 0.15) is 18.5 Å². The number of halogens is 1. The topological polar surface area (TPSA) is 37.6 Å². The number of rotatable bonds is 2. The number of amides is 1. The molecule has 1 saturated heterocycles. The number of likely N-dealkylation sites (tertiary alicyclic amines) is 1. The van der Waals surface area contributed by atoms with Crippen LogP contribution in [0.2, 0.25) is 5.02 Å². The Morgan fingerprint density at radius 3 is 2.83 bits per heavy atom. The van der Waals surface area contributed by atoms with Crippen LogP contribution >= 0.6 is 11.6 Å². The van der Waals surface area contributed by atoms with Crippen molar-refractivity contribution < 1.29 is 4.79 Å². The van der Waals surface area contributed by atoms with E-state index in [2.05, 4.69) is 4.98 Å². The van der Waals surface area contributed by atoms with Crippen LogP contribution in [0.3, 0.4) is 0 Å². The third-order valence-electron chi connectivity index (χ3n) is 3.26. The second-order valence-electron chi connectivity index (χ2n) is 4.61. The first-order valence-electron chi connectivity index (χ1n) is 6.13. The van der Waals surface area contributed by atoms with Gasteiger partial charge in [-0.2, -0.15) is 0 Å². The summed E-state index contributed by atoms with van der Waals surface area (Å²) in [5, 5.41) is 0.664. The highest BCUT2D eigenvalue weighted by atomic mass is 35.5. The SMILES string of the molecule is O=C(Cc1cn2cc(Cl)ccc2n1)N1CCCC1. The fourth-order valence-corrected chi connectivity index (χ4v) is 2.50. The van der Waals surface area contributed by atoms with Crippen molar-refractivity contribution in [2.24, 2.45) is 0 Å². The van der Waals surface area contributed by atoms with E-state index in [0.29, 0.717) is 11.4 Å². The van der Waals surface area contributed by atoms with Crippen molar-refractivity contribution in [1.29, 1.82) is 0 Å². The summed E-state index contributed by atoms with van der Waals surface area (Å²) in [5.41, 5.74) is 1.62. The molecular weight excluding hydrogens is 250 g/mol. The molecule has 2 aromatic heterocycles. The molecule has 1 aliphatic heterocycles. The summed E-state index contributed by atoms with van der Waals surface area (Å²) in [4.78, 5) is 18.3. The van der Waals surface area contributed by atoms with Gasteiger partial charge in [0.05, 0.1) is 17.1 Å². The highest BCUT2D eigenvalue weighted by Crippen LogP contribution is 2.14. The first-order valence-corrected chi connectivity index (χ1v) is 6.51. The monoisotopic (exact) mass is 263 g/mol. The van der Waals surface area contributed by atoms with Gasteiger partial charge in [-0.05, 0) is 25.0 Å². The minimum atomic E-state index is 0.169. The fourth-order valence-electron chi connectivity index (χ4n) is 2.34. The van der Waals surface area contributed by atoms with Crippen LogP contribution in [0.25, 0.3) is 5.65 Å². The summed E-state index contributed by atoms with van der Waals surface area (Å²) in [6, 6.07) is 3.65. The van der Waals surface area contributed by atoms with Crippen molar-refractivity contribution in [2.75, 3.05) is 13.1 Å². The molecule has 0 bridgehead atoms. The molecule has 0 saturated carbocycles. The molecule has 2 aromatic rings. The molecule has 0 atom stereocenters. The molecule has 3 heterocycles. The Hall–Kier alpha value is -1.55. The molecule has 0 aliphatic carbocycles. The van der Waals surface area contributed by atoms with Crippen molar-refractivity contribution in [1.82, 2.24) is 14.3 Å². The van der Waals surface area contributed by atoms with Gasteiger partial charge in [0.1, 0.15) is 5.65 Å². The first kappa shape index (κ1) is 11.5. The van der Waals surface area contributed by atoms with E-state index >= 15 is 0 Å². The molecule has 18 heavy (non-hydrogen) atoms. The normalized spacial score (nSPS) is 15.5. The third kappa shape index (κ3) is 2.20. The van der Waals surface area contributed by atoms with E-state index in [1.165, 1.54) is 0 Å². The second-order valence-corrected chi connectivity index (χ2v) is 5.05. The Morgan fingerprint density at radius 1 is 1.28 bits per heavy atom. The van der Waals surface area contributed by atoms with Crippen LogP contribution in [0, 0.1) is 0 Å². The van der Waals surface area contributed by atoms with Gasteiger partial charge in [0.15, 0.2) is 0 Å². The van der Waals surface area contributed by atoms with Crippen LogP contribution in [-0.4, -0.2) is 33.3 Å². The molecule has 1 fully saturated rings. The molecule has 0 spiro atoms. The summed E-state index contributed by atoms with van der Waals surface area (Å²) in [6.45, 7) is 1.77. The van der Waals surface area contributed by atoms with Gasteiger partial charge in [0.2, 0.25) is 5.91 Å². The minimum Gasteiger partial charge on any atom is -0.342 e. The lowest BCUT2D eigenvalue weighted by Crippen LogP contribution is -2.29. The number of nitrogens with zero attached hydrogens (tertiary/aromatic N) is 3. The van der Waals surface area contributed by atoms with Crippen molar-refractivity contribution in [3.63, 3.8) is 0 Å². The molecule has 0 unspecified atom stereocenters. The van der Waals surface area contributed by atoms with Crippen LogP contribution in [0.4, 0.5) is 0 Å². The zero-order valence-corrected chi connectivity index (χ0v) is 10.7. The number of carbonyl (C=O) groups is 1. The van der Waals surface area contributed by atoms with Gasteiger partial charge < -0.3 is 9.30 Å². The van der Waals surface area contributed by atoms with Crippen molar-refractivity contribution in [2.45, 2.75) is 19.3 Å². The van der Waals surface area contributed by atoms with Gasteiger partial charge in [-0.3, -0.25) is 4.79 Å². The lowest BCUT2D eigenvalue weighted by molar-refractivity contribution is -0.129. The fraction of sp³-hybridized carbons (Fsp3) is 0.385. The van der Waals surface area contributed by atoms with Crippen LogP contribution in [0.5, 0.6) is 0 Å². The van der Waals surface area contributed by atoms with E-state index in [1.807, 2.05) is 21.6 Å². The smallest absolute Gasteiger partial charge is 0.228 e. The van der Waals surface area contributed by atoms with Gasteiger partial charge >= 0.3 is 0 Å². The second kappa shape index (κ2) is 4.61. The molecule has 0 N–H and O–H groups in total. The van der Waals surface area contributed by atoms with Crippen molar-refractivity contribution in [3.05, 3.63) is 35.2 Å². The Bertz CT molecular complexity index is 587. The number of pyridine rings is 1. The molecule has 1 amide bonds. The molecule has 5 heteroatoms. The van der Waals surface area contributed by atoms with Crippen molar-refractivity contribution in [3.8, 4) is 0 Å². The Kier molecular flexibility index (Phi) is 2.96. The lowest BCUT2D eigenvalue weighted by atomic mass is 10.3. The first-order chi connectivity index (χ1) is 8.72. The average Bonchev–Trinajstić information content (AvgIpc) is 2.95. The summed E-state index contributed by atoms with van der Waals surface area (Å²) >= 11 is 5.91. The lowest BCUT2D eigenvalue weighted by Gasteiger charge is -2.13. The summed E-state index contributed by atoms with van der Waals surface area (Å²) < 4.78 is 1.86. The number of fused-ring (bicyclic) bond motifs is 1. The average molecular weight is 264 g/mol. The van der Waals surface area contributed by atoms with Gasteiger partial charge in [-0.1, -0.05) is 11.6 Å².